The van der Waals surface area contributed by atoms with E-state index >= 15 is 0 Å². The second-order valence-corrected chi connectivity index (χ2v) is 7.71. The summed E-state index contributed by atoms with van der Waals surface area (Å²) in [6.45, 7) is 0. The van der Waals surface area contributed by atoms with Gasteiger partial charge >= 0.3 is 5.97 Å². The molecular formula is C27H20N4O4. The Balaban J connectivity index is 1.30. The molecule has 0 spiro atoms. The molecule has 1 N–H and O–H groups in total. The van der Waals surface area contributed by atoms with Gasteiger partial charge in [0.25, 0.3) is 5.91 Å². The number of aryl methyl sites for hydroxylation is 1. The summed E-state index contributed by atoms with van der Waals surface area (Å²) < 4.78 is 13.0. The van der Waals surface area contributed by atoms with Crippen LogP contribution in [0.25, 0.3) is 22.8 Å². The molecule has 0 aliphatic heterocycles. The lowest BCUT2D eigenvalue weighted by Crippen LogP contribution is -2.12. The van der Waals surface area contributed by atoms with Gasteiger partial charge in [0.05, 0.1) is 29.1 Å². The van der Waals surface area contributed by atoms with Crippen molar-refractivity contribution < 1.29 is 18.7 Å². The van der Waals surface area contributed by atoms with Crippen molar-refractivity contribution in [2.75, 3.05) is 5.32 Å². The molecule has 0 bridgehead atoms. The van der Waals surface area contributed by atoms with Crippen molar-refractivity contribution in [1.29, 1.82) is 0 Å². The molecule has 0 saturated carbocycles. The summed E-state index contributed by atoms with van der Waals surface area (Å²) in [5.41, 5.74) is 2.75. The number of esters is 1. The van der Waals surface area contributed by atoms with Gasteiger partial charge in [0.2, 0.25) is 5.89 Å². The highest BCUT2D eigenvalue weighted by molar-refractivity contribution is 6.04. The van der Waals surface area contributed by atoms with Crippen LogP contribution in [0.3, 0.4) is 0 Å². The minimum Gasteiger partial charge on any atom is -0.436 e. The Bertz CT molecular complexity index is 1490. The molecule has 0 saturated heterocycles. The lowest BCUT2D eigenvalue weighted by Gasteiger charge is -2.09. The number of hydrogen-bond donors (Lipinski definition) is 1. The van der Waals surface area contributed by atoms with Crippen LogP contribution in [0.5, 0.6) is 5.75 Å². The molecule has 3 aromatic carbocycles. The predicted molar refractivity (Wildman–Crippen MR) is 130 cm³/mol. The van der Waals surface area contributed by atoms with Crippen LogP contribution in [0.15, 0.2) is 102 Å². The zero-order valence-electron chi connectivity index (χ0n) is 18.7. The van der Waals surface area contributed by atoms with Crippen molar-refractivity contribution in [2.45, 2.75) is 0 Å². The van der Waals surface area contributed by atoms with Crippen molar-refractivity contribution in [3.8, 4) is 28.5 Å². The molecule has 1 amide bonds. The monoisotopic (exact) mass is 464 g/mol. The van der Waals surface area contributed by atoms with Gasteiger partial charge in [0, 0.05) is 24.5 Å². The van der Waals surface area contributed by atoms with Crippen LogP contribution < -0.4 is 10.1 Å². The Hall–Kier alpha value is -4.98. The molecule has 0 fully saturated rings. The number of amides is 1. The standard InChI is InChI=1S/C27H20N4O4/c1-31-17-19(15-29-31)25(32)30-20-11-13-21(14-12-20)34-27(33)23-10-6-5-9-22(23)26-28-16-24(35-26)18-7-3-2-4-8-18/h2-17H,1H3,(H,30,32). The summed E-state index contributed by atoms with van der Waals surface area (Å²) in [5, 5.41) is 6.76. The number of carbonyl (C=O) groups is 2. The van der Waals surface area contributed by atoms with Crippen LogP contribution in [0.2, 0.25) is 0 Å². The number of aromatic nitrogens is 3. The molecular weight excluding hydrogens is 444 g/mol. The number of nitrogens with one attached hydrogen (secondary N) is 1. The molecule has 2 heterocycles. The van der Waals surface area contributed by atoms with Crippen molar-refractivity contribution >= 4 is 17.6 Å². The maximum absolute atomic E-state index is 13.0. The molecule has 8 nitrogen and oxygen atoms in total. The number of ether oxygens (including phenoxy) is 1. The molecule has 0 atom stereocenters. The zero-order valence-corrected chi connectivity index (χ0v) is 18.7. The summed E-state index contributed by atoms with van der Waals surface area (Å²) >= 11 is 0. The fourth-order valence-corrected chi connectivity index (χ4v) is 3.49. The Morgan fingerprint density at radius 1 is 0.914 bits per heavy atom. The molecule has 35 heavy (non-hydrogen) atoms. The first-order valence-electron chi connectivity index (χ1n) is 10.8. The van der Waals surface area contributed by atoms with Gasteiger partial charge in [-0.15, -0.1) is 0 Å². The third-order valence-corrected chi connectivity index (χ3v) is 5.23. The van der Waals surface area contributed by atoms with Crippen LogP contribution in [0.1, 0.15) is 20.7 Å². The van der Waals surface area contributed by atoms with E-state index in [-0.39, 0.29) is 5.91 Å². The van der Waals surface area contributed by atoms with Gasteiger partial charge in [-0.05, 0) is 36.4 Å². The Morgan fingerprint density at radius 3 is 2.40 bits per heavy atom. The number of carbonyl (C=O) groups excluding carboxylic acids is 2. The zero-order chi connectivity index (χ0) is 24.2. The number of rotatable bonds is 6. The molecule has 2 aromatic heterocycles. The van der Waals surface area contributed by atoms with E-state index < -0.39 is 5.97 Å². The smallest absolute Gasteiger partial charge is 0.344 e. The predicted octanol–water partition coefficient (Wildman–Crippen LogP) is 5.21. The maximum atomic E-state index is 13.0. The maximum Gasteiger partial charge on any atom is 0.344 e. The van der Waals surface area contributed by atoms with E-state index in [9.17, 15) is 9.59 Å². The van der Waals surface area contributed by atoms with Crippen LogP contribution in [0.4, 0.5) is 5.69 Å². The van der Waals surface area contributed by atoms with E-state index in [1.165, 1.54) is 6.20 Å². The van der Waals surface area contributed by atoms with Crippen LogP contribution in [-0.4, -0.2) is 26.6 Å². The molecule has 0 aliphatic rings. The van der Waals surface area contributed by atoms with Crippen molar-refractivity contribution in [3.05, 3.63) is 109 Å². The minimum atomic E-state index is -0.549. The first-order valence-corrected chi connectivity index (χ1v) is 10.8. The Labute approximate surface area is 200 Å². The van der Waals surface area contributed by atoms with Gasteiger partial charge in [-0.1, -0.05) is 42.5 Å². The molecule has 0 radical (unpaired) electrons. The second-order valence-electron chi connectivity index (χ2n) is 7.71. The number of hydrogen-bond acceptors (Lipinski definition) is 6. The highest BCUT2D eigenvalue weighted by Crippen LogP contribution is 2.29. The minimum absolute atomic E-state index is 0.280. The molecule has 8 heteroatoms. The topological polar surface area (TPSA) is 99.2 Å². The number of oxazole rings is 1. The van der Waals surface area contributed by atoms with E-state index in [1.807, 2.05) is 30.3 Å². The van der Waals surface area contributed by atoms with Gasteiger partial charge in [-0.2, -0.15) is 5.10 Å². The third-order valence-electron chi connectivity index (χ3n) is 5.23. The van der Waals surface area contributed by atoms with Crippen LogP contribution >= 0.6 is 0 Å². The highest BCUT2D eigenvalue weighted by Gasteiger charge is 2.19. The largest absolute Gasteiger partial charge is 0.436 e. The van der Waals surface area contributed by atoms with E-state index in [0.29, 0.717) is 39.8 Å². The lowest BCUT2D eigenvalue weighted by atomic mass is 10.1. The molecule has 0 aliphatic carbocycles. The van der Waals surface area contributed by atoms with Gasteiger partial charge in [-0.25, -0.2) is 9.78 Å². The summed E-state index contributed by atoms with van der Waals surface area (Å²) in [6.07, 6.45) is 4.74. The Morgan fingerprint density at radius 2 is 1.66 bits per heavy atom. The SMILES string of the molecule is Cn1cc(C(=O)Nc2ccc(OC(=O)c3ccccc3-c3ncc(-c4ccccc4)o3)cc2)cn1. The van der Waals surface area contributed by atoms with Crippen LogP contribution in [-0.2, 0) is 7.05 Å². The number of benzene rings is 3. The van der Waals surface area contributed by atoms with E-state index in [4.69, 9.17) is 9.15 Å². The van der Waals surface area contributed by atoms with Gasteiger partial charge in [0.1, 0.15) is 5.75 Å². The highest BCUT2D eigenvalue weighted by atomic mass is 16.5. The fraction of sp³-hybridized carbons (Fsp3) is 0.0370. The van der Waals surface area contributed by atoms with E-state index in [2.05, 4.69) is 15.4 Å². The van der Waals surface area contributed by atoms with Gasteiger partial charge < -0.3 is 14.5 Å². The molecule has 5 aromatic rings. The molecule has 5 rings (SSSR count). The summed E-state index contributed by atoms with van der Waals surface area (Å²) in [6, 6.07) is 23.1. The van der Waals surface area contributed by atoms with Crippen molar-refractivity contribution in [1.82, 2.24) is 14.8 Å². The van der Waals surface area contributed by atoms with Crippen molar-refractivity contribution in [3.63, 3.8) is 0 Å². The third kappa shape index (κ3) is 4.86. The average molecular weight is 464 g/mol. The molecule has 0 unspecified atom stereocenters. The summed E-state index contributed by atoms with van der Waals surface area (Å²) in [4.78, 5) is 29.6. The van der Waals surface area contributed by atoms with Gasteiger partial charge in [0.15, 0.2) is 5.76 Å². The first-order chi connectivity index (χ1) is 17.1. The normalized spacial score (nSPS) is 10.7. The Kier molecular flexibility index (Phi) is 5.92. The van der Waals surface area contributed by atoms with Crippen molar-refractivity contribution in [2.24, 2.45) is 7.05 Å². The fourth-order valence-electron chi connectivity index (χ4n) is 3.49. The lowest BCUT2D eigenvalue weighted by molar-refractivity contribution is 0.0735. The van der Waals surface area contributed by atoms with E-state index in [0.717, 1.165) is 5.56 Å². The molecule has 172 valence electrons. The average Bonchev–Trinajstić information content (AvgIpc) is 3.55. The second kappa shape index (κ2) is 9.48. The van der Waals surface area contributed by atoms with Gasteiger partial charge in [-0.3, -0.25) is 9.48 Å². The summed E-state index contributed by atoms with van der Waals surface area (Å²) in [5.74, 6) is 0.434. The van der Waals surface area contributed by atoms with E-state index in [1.54, 1.807) is 72.7 Å². The number of anilines is 1. The number of nitrogens with zero attached hydrogens (tertiary/aromatic N) is 3. The van der Waals surface area contributed by atoms with Crippen LogP contribution in [0, 0.1) is 0 Å². The summed E-state index contributed by atoms with van der Waals surface area (Å²) in [7, 11) is 1.74. The quantitative estimate of drug-likeness (QED) is 0.273. The first kappa shape index (κ1) is 21.8.